The molecule has 2 aromatic carbocycles. The molecule has 2 aliphatic heterocycles. The zero-order chi connectivity index (χ0) is 21.8. The summed E-state index contributed by atoms with van der Waals surface area (Å²) in [5.74, 6) is 1.41. The molecule has 1 N–H and O–H groups in total. The van der Waals surface area contributed by atoms with Crippen molar-refractivity contribution in [2.75, 3.05) is 44.7 Å². The molecule has 2 heterocycles. The minimum Gasteiger partial charge on any atom is -0.486 e. The molecule has 31 heavy (non-hydrogen) atoms. The highest BCUT2D eigenvalue weighted by atomic mass is 16.6. The lowest BCUT2D eigenvalue weighted by molar-refractivity contribution is -0.133. The average Bonchev–Trinajstić information content (AvgIpc) is 2.80. The van der Waals surface area contributed by atoms with Crippen LogP contribution in [-0.2, 0) is 16.0 Å². The molecule has 1 atom stereocenters. The molecule has 0 saturated carbocycles. The van der Waals surface area contributed by atoms with Gasteiger partial charge in [0.1, 0.15) is 13.2 Å². The first-order valence-corrected chi connectivity index (χ1v) is 10.8. The van der Waals surface area contributed by atoms with Crippen molar-refractivity contribution < 1.29 is 19.1 Å². The van der Waals surface area contributed by atoms with Crippen LogP contribution in [0.3, 0.4) is 0 Å². The van der Waals surface area contributed by atoms with E-state index in [9.17, 15) is 9.59 Å². The predicted octanol–water partition coefficient (Wildman–Crippen LogP) is 2.48. The molecule has 2 amide bonds. The third kappa shape index (κ3) is 5.17. The molecule has 7 nitrogen and oxygen atoms in total. The summed E-state index contributed by atoms with van der Waals surface area (Å²) >= 11 is 0. The number of carbonyl (C=O) groups is 2. The Kier molecular flexibility index (Phi) is 6.42. The standard InChI is InChI=1S/C24H29N3O4/c1-17-3-5-19(6-4-17)15-23(28)27-11-9-26(10-12-27)18(2)24(29)25-20-7-8-21-22(16-20)31-14-13-30-21/h3-8,16,18H,9-15H2,1-2H3,(H,25,29). The van der Waals surface area contributed by atoms with Gasteiger partial charge in [-0.2, -0.15) is 0 Å². The molecule has 4 rings (SSSR count). The zero-order valence-corrected chi connectivity index (χ0v) is 18.1. The third-order valence-corrected chi connectivity index (χ3v) is 5.88. The molecule has 2 aliphatic rings. The molecule has 7 heteroatoms. The summed E-state index contributed by atoms with van der Waals surface area (Å²) < 4.78 is 11.1. The number of fused-ring (bicyclic) bond motifs is 1. The van der Waals surface area contributed by atoms with E-state index in [1.807, 2.05) is 55.1 Å². The van der Waals surface area contributed by atoms with E-state index in [0.29, 0.717) is 63.0 Å². The SMILES string of the molecule is Cc1ccc(CC(=O)N2CCN(C(C)C(=O)Nc3ccc4c(c3)OCCO4)CC2)cc1. The largest absolute Gasteiger partial charge is 0.486 e. The van der Waals surface area contributed by atoms with Crippen LogP contribution in [0.15, 0.2) is 42.5 Å². The summed E-state index contributed by atoms with van der Waals surface area (Å²) in [7, 11) is 0. The van der Waals surface area contributed by atoms with Crippen molar-refractivity contribution >= 4 is 17.5 Å². The van der Waals surface area contributed by atoms with Gasteiger partial charge in [-0.15, -0.1) is 0 Å². The normalized spacial score (nSPS) is 17.2. The number of hydrogen-bond acceptors (Lipinski definition) is 5. The summed E-state index contributed by atoms with van der Waals surface area (Å²) in [4.78, 5) is 29.4. The maximum atomic E-state index is 12.8. The Labute approximate surface area is 182 Å². The summed E-state index contributed by atoms with van der Waals surface area (Å²) in [6.45, 7) is 7.60. The maximum Gasteiger partial charge on any atom is 0.241 e. The Morgan fingerprint density at radius 2 is 1.65 bits per heavy atom. The van der Waals surface area contributed by atoms with Gasteiger partial charge >= 0.3 is 0 Å². The molecule has 0 bridgehead atoms. The topological polar surface area (TPSA) is 71.1 Å². The van der Waals surface area contributed by atoms with Crippen molar-refractivity contribution in [2.45, 2.75) is 26.3 Å². The second-order valence-electron chi connectivity index (χ2n) is 8.10. The molecule has 0 aromatic heterocycles. The average molecular weight is 424 g/mol. The van der Waals surface area contributed by atoms with Gasteiger partial charge in [0.15, 0.2) is 11.5 Å². The first kappa shape index (κ1) is 21.2. The monoisotopic (exact) mass is 423 g/mol. The smallest absolute Gasteiger partial charge is 0.241 e. The lowest BCUT2D eigenvalue weighted by Crippen LogP contribution is -2.54. The van der Waals surface area contributed by atoms with E-state index < -0.39 is 0 Å². The number of ether oxygens (including phenoxy) is 2. The number of rotatable bonds is 5. The molecule has 0 aliphatic carbocycles. The fraction of sp³-hybridized carbons (Fsp3) is 0.417. The van der Waals surface area contributed by atoms with Crippen molar-refractivity contribution in [3.8, 4) is 11.5 Å². The van der Waals surface area contributed by atoms with E-state index in [-0.39, 0.29) is 17.9 Å². The second-order valence-corrected chi connectivity index (χ2v) is 8.10. The van der Waals surface area contributed by atoms with Crippen LogP contribution in [-0.4, -0.2) is 67.0 Å². The van der Waals surface area contributed by atoms with Gasteiger partial charge in [-0.1, -0.05) is 29.8 Å². The first-order chi connectivity index (χ1) is 15.0. The van der Waals surface area contributed by atoms with Crippen LogP contribution < -0.4 is 14.8 Å². The van der Waals surface area contributed by atoms with Crippen molar-refractivity contribution in [1.82, 2.24) is 9.80 Å². The van der Waals surface area contributed by atoms with Gasteiger partial charge in [0.25, 0.3) is 0 Å². The Morgan fingerprint density at radius 3 is 2.35 bits per heavy atom. The van der Waals surface area contributed by atoms with Crippen LogP contribution in [0.2, 0.25) is 0 Å². The van der Waals surface area contributed by atoms with Crippen molar-refractivity contribution in [3.05, 3.63) is 53.6 Å². The molecule has 0 radical (unpaired) electrons. The van der Waals surface area contributed by atoms with Crippen molar-refractivity contribution in [1.29, 1.82) is 0 Å². The molecular formula is C24H29N3O4. The Bertz CT molecular complexity index is 936. The molecule has 1 unspecified atom stereocenters. The predicted molar refractivity (Wildman–Crippen MR) is 119 cm³/mol. The lowest BCUT2D eigenvalue weighted by Gasteiger charge is -2.37. The van der Waals surface area contributed by atoms with Crippen LogP contribution in [0, 0.1) is 6.92 Å². The van der Waals surface area contributed by atoms with Crippen LogP contribution in [0.1, 0.15) is 18.1 Å². The number of hydrogen-bond donors (Lipinski definition) is 1. The molecule has 1 fully saturated rings. The van der Waals surface area contributed by atoms with Gasteiger partial charge in [-0.3, -0.25) is 14.5 Å². The summed E-state index contributed by atoms with van der Waals surface area (Å²) in [5.41, 5.74) is 2.91. The molecule has 0 spiro atoms. The highest BCUT2D eigenvalue weighted by Crippen LogP contribution is 2.32. The number of aryl methyl sites for hydroxylation is 1. The fourth-order valence-electron chi connectivity index (χ4n) is 3.88. The van der Waals surface area contributed by atoms with Gasteiger partial charge in [0.05, 0.1) is 12.5 Å². The van der Waals surface area contributed by atoms with Gasteiger partial charge in [-0.25, -0.2) is 0 Å². The van der Waals surface area contributed by atoms with Gasteiger partial charge < -0.3 is 19.7 Å². The summed E-state index contributed by atoms with van der Waals surface area (Å²) in [6.07, 6.45) is 0.417. The minimum absolute atomic E-state index is 0.0730. The van der Waals surface area contributed by atoms with Gasteiger partial charge in [0.2, 0.25) is 11.8 Å². The molecule has 1 saturated heterocycles. The van der Waals surface area contributed by atoms with Gasteiger partial charge in [-0.05, 0) is 31.5 Å². The zero-order valence-electron chi connectivity index (χ0n) is 18.1. The number of nitrogens with one attached hydrogen (secondary N) is 1. The quantitative estimate of drug-likeness (QED) is 0.800. The number of piperazine rings is 1. The molecule has 2 aromatic rings. The van der Waals surface area contributed by atoms with Crippen LogP contribution in [0.25, 0.3) is 0 Å². The number of benzene rings is 2. The number of nitrogens with zero attached hydrogens (tertiary/aromatic N) is 2. The van der Waals surface area contributed by atoms with Crippen LogP contribution in [0.5, 0.6) is 11.5 Å². The van der Waals surface area contributed by atoms with Crippen molar-refractivity contribution in [3.63, 3.8) is 0 Å². The van der Waals surface area contributed by atoms with E-state index in [2.05, 4.69) is 10.2 Å². The summed E-state index contributed by atoms with van der Waals surface area (Å²) in [5, 5.41) is 2.96. The van der Waals surface area contributed by atoms with E-state index in [0.717, 1.165) is 5.56 Å². The number of anilines is 1. The Morgan fingerprint density at radius 1 is 0.968 bits per heavy atom. The molecular weight excluding hydrogens is 394 g/mol. The number of amides is 2. The van der Waals surface area contributed by atoms with E-state index in [1.54, 1.807) is 6.07 Å². The maximum absolute atomic E-state index is 12.8. The first-order valence-electron chi connectivity index (χ1n) is 10.8. The summed E-state index contributed by atoms with van der Waals surface area (Å²) in [6, 6.07) is 13.2. The van der Waals surface area contributed by atoms with E-state index in [1.165, 1.54) is 5.56 Å². The highest BCUT2D eigenvalue weighted by molar-refractivity contribution is 5.94. The minimum atomic E-state index is -0.289. The van der Waals surface area contributed by atoms with Crippen LogP contribution >= 0.6 is 0 Å². The second kappa shape index (κ2) is 9.39. The van der Waals surface area contributed by atoms with Crippen LogP contribution in [0.4, 0.5) is 5.69 Å². The molecule has 164 valence electrons. The third-order valence-electron chi connectivity index (χ3n) is 5.88. The number of carbonyl (C=O) groups excluding carboxylic acids is 2. The highest BCUT2D eigenvalue weighted by Gasteiger charge is 2.27. The lowest BCUT2D eigenvalue weighted by atomic mass is 10.1. The Balaban J connectivity index is 1.27. The Hall–Kier alpha value is -3.06. The fourth-order valence-corrected chi connectivity index (χ4v) is 3.88. The van der Waals surface area contributed by atoms with Gasteiger partial charge in [0, 0.05) is 37.9 Å². The van der Waals surface area contributed by atoms with E-state index in [4.69, 9.17) is 9.47 Å². The van der Waals surface area contributed by atoms with Crippen molar-refractivity contribution in [2.24, 2.45) is 0 Å². The van der Waals surface area contributed by atoms with E-state index >= 15 is 0 Å².